The van der Waals surface area contributed by atoms with Crippen LogP contribution in [0.15, 0.2) is 30.1 Å². The number of nitrogens with zero attached hydrogens (tertiary/aromatic N) is 7. The smallest absolute Gasteiger partial charge is 0.388 e. The number of aromatic nitrogens is 8. The lowest BCUT2D eigenvalue weighted by Gasteiger charge is -2.32. The summed E-state index contributed by atoms with van der Waals surface area (Å²) in [5.41, 5.74) is 4.77. The average Bonchev–Trinajstić information content (AvgIpc) is 3.27. The Morgan fingerprint density at radius 1 is 1.09 bits per heavy atom. The van der Waals surface area contributed by atoms with Crippen LogP contribution in [-0.4, -0.2) is 97.7 Å². The minimum absolute atomic E-state index is 0.0151. The van der Waals surface area contributed by atoms with Gasteiger partial charge >= 0.3 is 14.5 Å². The second-order valence-corrected chi connectivity index (χ2v) is 15.5. The number of nitrogens with two attached hydrogens (primary N) is 1. The van der Waals surface area contributed by atoms with Crippen molar-refractivity contribution in [1.82, 2.24) is 39.0 Å². The molecule has 0 bridgehead atoms. The molecule has 6 N–H and O–H groups in total. The SMILES string of the molecule is Nc1ncnc2c1ncn2[C@@H]1C2C[C@]23COP(=O)(O)O[C@H]2[C@@H](F)[C@H](n4cnc5c(=O)[nH]cnc54)O[C@@H]2COP(O)(=S)O[C@H]3[C@H]1O. The second kappa shape index (κ2) is 10.1. The number of rotatable bonds is 2. The van der Waals surface area contributed by atoms with E-state index in [1.807, 2.05) is 0 Å². The van der Waals surface area contributed by atoms with Crippen molar-refractivity contribution in [3.8, 4) is 0 Å². The summed E-state index contributed by atoms with van der Waals surface area (Å²) in [6.45, 7) is -5.29. The third-order valence-electron chi connectivity index (χ3n) is 8.83. The van der Waals surface area contributed by atoms with Crippen molar-refractivity contribution in [3.05, 3.63) is 35.7 Å². The monoisotopic (exact) mass is 687 g/mol. The van der Waals surface area contributed by atoms with E-state index in [2.05, 4.69) is 29.9 Å². The van der Waals surface area contributed by atoms with Gasteiger partial charge < -0.3 is 44.0 Å². The van der Waals surface area contributed by atoms with Gasteiger partial charge in [0.2, 0.25) is 0 Å². The number of phosphoric acid groups is 1. The molecule has 45 heavy (non-hydrogen) atoms. The predicted octanol–water partition coefficient (Wildman–Crippen LogP) is -0.167. The van der Waals surface area contributed by atoms with Gasteiger partial charge in [-0.15, -0.1) is 0 Å². The topological polar surface area (TPSA) is 257 Å². The Morgan fingerprint density at radius 3 is 2.67 bits per heavy atom. The van der Waals surface area contributed by atoms with Gasteiger partial charge in [-0.25, -0.2) is 33.9 Å². The van der Waals surface area contributed by atoms with Crippen molar-refractivity contribution in [3.63, 3.8) is 0 Å². The number of hydrogen-bond acceptors (Lipinski definition) is 15. The molecule has 3 unspecified atom stereocenters. The lowest BCUT2D eigenvalue weighted by Crippen LogP contribution is -2.39. The molecule has 2 saturated carbocycles. The molecule has 0 amide bonds. The van der Waals surface area contributed by atoms with Gasteiger partial charge in [-0.1, -0.05) is 0 Å². The molecule has 2 aliphatic carbocycles. The number of halogens is 1. The number of phosphoric ester groups is 1. The number of imidazole rings is 2. The summed E-state index contributed by atoms with van der Waals surface area (Å²) in [4.78, 5) is 56.7. The Kier molecular flexibility index (Phi) is 6.64. The van der Waals surface area contributed by atoms with Gasteiger partial charge in [-0.2, -0.15) is 0 Å². The summed E-state index contributed by atoms with van der Waals surface area (Å²) >= 11 is 5.28. The number of nitrogen functional groups attached to an aromatic ring is 1. The fraction of sp³-hybridized carbons (Fsp3) is 0.545. The zero-order valence-corrected chi connectivity index (χ0v) is 25.2. The fourth-order valence-corrected chi connectivity index (χ4v) is 9.22. The normalized spacial score (nSPS) is 41.7. The second-order valence-electron chi connectivity index (χ2n) is 11.3. The maximum atomic E-state index is 16.0. The number of hydrogen-bond donors (Lipinski definition) is 5. The van der Waals surface area contributed by atoms with Crippen LogP contribution in [0.3, 0.4) is 0 Å². The van der Waals surface area contributed by atoms with Gasteiger partial charge in [0, 0.05) is 5.41 Å². The summed E-state index contributed by atoms with van der Waals surface area (Å²) < 4.78 is 59.9. The van der Waals surface area contributed by atoms with E-state index in [1.54, 1.807) is 4.57 Å². The molecule has 4 aliphatic rings. The maximum absolute atomic E-state index is 16.0. The summed E-state index contributed by atoms with van der Waals surface area (Å²) in [5.74, 6) is -0.289. The van der Waals surface area contributed by atoms with Crippen molar-refractivity contribution >= 4 is 54.5 Å². The van der Waals surface area contributed by atoms with Gasteiger partial charge in [0.05, 0.1) is 38.2 Å². The van der Waals surface area contributed by atoms with E-state index in [4.69, 9.17) is 40.4 Å². The lowest BCUT2D eigenvalue weighted by atomic mass is 10.0. The molecule has 19 nitrogen and oxygen atoms in total. The van der Waals surface area contributed by atoms with E-state index in [0.29, 0.717) is 17.6 Å². The molecular weight excluding hydrogens is 663 g/mol. The third-order valence-corrected chi connectivity index (χ3v) is 11.3. The number of anilines is 1. The Morgan fingerprint density at radius 2 is 1.84 bits per heavy atom. The van der Waals surface area contributed by atoms with Crippen LogP contribution in [0, 0.1) is 11.3 Å². The minimum Gasteiger partial charge on any atom is -0.388 e. The number of nitrogens with one attached hydrogen (secondary N) is 1. The van der Waals surface area contributed by atoms with Crippen LogP contribution in [0.25, 0.3) is 22.3 Å². The van der Waals surface area contributed by atoms with Gasteiger partial charge in [-0.05, 0) is 24.1 Å². The van der Waals surface area contributed by atoms with E-state index in [9.17, 15) is 24.3 Å². The van der Waals surface area contributed by atoms with Crippen LogP contribution in [0.2, 0.25) is 0 Å². The first-order valence-corrected chi connectivity index (χ1v) is 17.6. The highest BCUT2D eigenvalue weighted by Crippen LogP contribution is 2.72. The number of alkyl halides is 1. The molecule has 23 heteroatoms. The molecule has 4 fully saturated rings. The first kappa shape index (κ1) is 29.6. The number of aromatic amines is 1. The van der Waals surface area contributed by atoms with Gasteiger partial charge in [0.15, 0.2) is 35.0 Å². The van der Waals surface area contributed by atoms with E-state index < -0.39 is 87.5 Å². The molecule has 2 aliphatic heterocycles. The first-order valence-electron chi connectivity index (χ1n) is 13.5. The molecule has 0 aromatic carbocycles. The predicted molar refractivity (Wildman–Crippen MR) is 150 cm³/mol. The van der Waals surface area contributed by atoms with Crippen molar-refractivity contribution in [1.29, 1.82) is 0 Å². The first-order chi connectivity index (χ1) is 21.4. The highest BCUT2D eigenvalue weighted by atomic mass is 32.5. The van der Waals surface area contributed by atoms with Crippen LogP contribution in [0.4, 0.5) is 10.2 Å². The highest BCUT2D eigenvalue weighted by molar-refractivity contribution is 8.07. The van der Waals surface area contributed by atoms with E-state index in [0.717, 1.165) is 17.2 Å². The maximum Gasteiger partial charge on any atom is 0.472 e. The molecule has 2 saturated heterocycles. The molecule has 11 atom stereocenters. The molecule has 1 spiro atoms. The highest BCUT2D eigenvalue weighted by Gasteiger charge is 2.74. The number of aliphatic hydroxyl groups excluding tert-OH is 1. The van der Waals surface area contributed by atoms with Crippen molar-refractivity contribution in [2.24, 2.45) is 11.3 Å². The van der Waals surface area contributed by atoms with Gasteiger partial charge in [0.1, 0.15) is 36.3 Å². The number of H-pyrrole nitrogens is 1. The Bertz CT molecular complexity index is 2000. The number of fused-ring (bicyclic) bond motifs is 3. The summed E-state index contributed by atoms with van der Waals surface area (Å²) in [5, 5.41) is 11.5. The quantitative estimate of drug-likeness (QED) is 0.171. The van der Waals surface area contributed by atoms with E-state index >= 15 is 4.39 Å². The summed E-state index contributed by atoms with van der Waals surface area (Å²) in [6.07, 6.45) is -4.15. The Balaban J connectivity index is 1.11. The van der Waals surface area contributed by atoms with Crippen LogP contribution in [0.5, 0.6) is 0 Å². The number of aliphatic hydroxyl groups is 1. The minimum atomic E-state index is -4.99. The average molecular weight is 688 g/mol. The Labute approximate surface area is 255 Å². The third kappa shape index (κ3) is 4.61. The van der Waals surface area contributed by atoms with E-state index in [-0.39, 0.29) is 17.0 Å². The lowest BCUT2D eigenvalue weighted by molar-refractivity contribution is -0.0598. The molecule has 4 aromatic rings. The standard InChI is InChI=1S/C22H24FN9O10P2S/c23-10-15-9(40-21(10)32-7-30-12-19(32)27-5-28-20(12)34)2-38-44(37,45)42-16-14(33)13(8-1-22(8,16)3-39-43(35,36)41-15)31-6-29-11-17(24)25-4-26-18(11)31/h4-10,13-16,21,33H,1-3H2,(H,35,36)(H,37,45)(H2,24,25,26)(H,27,28,34)/t8?,9-,10-,13-,14+,15-,16+,21-,22+,44?/m1/s1. The molecule has 4 aromatic heterocycles. The summed E-state index contributed by atoms with van der Waals surface area (Å²) in [7, 11) is -4.99. The number of ether oxygens (including phenoxy) is 1. The van der Waals surface area contributed by atoms with Crippen molar-refractivity contribution in [2.45, 2.75) is 49.3 Å². The van der Waals surface area contributed by atoms with Crippen LogP contribution < -0.4 is 11.3 Å². The largest absolute Gasteiger partial charge is 0.472 e. The molecule has 8 rings (SSSR count). The van der Waals surface area contributed by atoms with E-state index in [1.165, 1.54) is 12.7 Å². The van der Waals surface area contributed by atoms with Crippen LogP contribution in [-0.2, 0) is 39.2 Å². The van der Waals surface area contributed by atoms with Crippen LogP contribution in [0.1, 0.15) is 18.7 Å². The van der Waals surface area contributed by atoms with Gasteiger partial charge in [0.25, 0.3) is 5.56 Å². The molecule has 6 heterocycles. The summed E-state index contributed by atoms with van der Waals surface area (Å²) in [6, 6.07) is -0.735. The molecule has 240 valence electrons. The Hall–Kier alpha value is -2.81. The zero-order valence-electron chi connectivity index (χ0n) is 22.6. The zero-order chi connectivity index (χ0) is 31.5. The van der Waals surface area contributed by atoms with Crippen molar-refractivity contribution in [2.75, 3.05) is 18.9 Å². The molecule has 0 radical (unpaired) electrons. The fourth-order valence-electron chi connectivity index (χ4n) is 6.71. The van der Waals surface area contributed by atoms with Crippen molar-refractivity contribution < 1.29 is 46.7 Å². The molecular formula is C22H24FN9O10P2S. The van der Waals surface area contributed by atoms with Crippen LogP contribution >= 0.6 is 14.5 Å². The van der Waals surface area contributed by atoms with Gasteiger partial charge in [-0.3, -0.25) is 18.4 Å².